The Morgan fingerprint density at radius 3 is 0.769 bits per heavy atom. The molecule has 6 aromatic rings. The summed E-state index contributed by atoms with van der Waals surface area (Å²) in [5.74, 6) is 3.19. The van der Waals surface area contributed by atoms with Gasteiger partial charge in [-0.25, -0.2) is 28.8 Å². The standard InChI is InChI=1S/C20H30O2.C19H28O2.C18H26O2.C17H26O2.C16H24O2.C15H22O2/c1-5-15(2)16-11-13-17(14-12-16)19(21)22-20(3,4)18-9-7-6-8-10-18;1-5-14(2)15-10-12-16(13-11-15)18(20)21-19(3,4)17-8-6-7-9-17;1-4-14(3)15-8-10-16(11-9-15)17(19)20-18(5-2)12-6-7-13-18;1-7-13(4)14-8-10-15(11-9-14)16(18)19-17(5,6)12(2)3;1-6-12(3)13-8-10-14(11-9-13)15(17)18-16(4,5)7-2;1-6-11(2)12-7-9-13(10-8-12)14(16)17-15(3,4)5/h11-15,18H,5-10H2,1-4H3;10-14,17H,5-9H2,1-4H3;8-11,14H,4-7,12-13H2,1-3H3;8-13H,7H2,1-6H3;8-12H,6-7H2,1-5H3;7-11H,6H2,1-5H3. The van der Waals surface area contributed by atoms with Crippen molar-refractivity contribution in [2.45, 2.75) is 391 Å². The maximum Gasteiger partial charge on any atom is 0.338 e. The van der Waals surface area contributed by atoms with Crippen molar-refractivity contribution in [3.05, 3.63) is 212 Å². The van der Waals surface area contributed by atoms with E-state index in [0.29, 0.717) is 80.7 Å². The molecule has 12 heteroatoms. The Bertz CT molecular complexity index is 3890. The van der Waals surface area contributed by atoms with E-state index in [0.717, 1.165) is 64.2 Å². The Morgan fingerprint density at radius 1 is 0.308 bits per heavy atom. The smallest absolute Gasteiger partial charge is 0.338 e. The van der Waals surface area contributed by atoms with Crippen molar-refractivity contribution in [2.24, 2.45) is 17.8 Å². The summed E-state index contributed by atoms with van der Waals surface area (Å²) in [4.78, 5) is 72.9. The van der Waals surface area contributed by atoms with Gasteiger partial charge in [-0.2, -0.15) is 0 Å². The van der Waals surface area contributed by atoms with Crippen LogP contribution >= 0.6 is 0 Å². The lowest BCUT2D eigenvalue weighted by molar-refractivity contribution is -0.0386. The van der Waals surface area contributed by atoms with Gasteiger partial charge in [-0.15, -0.1) is 0 Å². The predicted molar refractivity (Wildman–Crippen MR) is 485 cm³/mol. The van der Waals surface area contributed by atoms with E-state index >= 15 is 0 Å². The monoisotopic (exact) mass is 1610 g/mol. The summed E-state index contributed by atoms with van der Waals surface area (Å²) in [6.07, 6.45) is 23.8. The zero-order chi connectivity index (χ0) is 87.7. The Kier molecular flexibility index (Phi) is 42.0. The van der Waals surface area contributed by atoms with Crippen molar-refractivity contribution < 1.29 is 57.2 Å². The van der Waals surface area contributed by atoms with Gasteiger partial charge in [0, 0.05) is 0 Å². The van der Waals surface area contributed by atoms with Gasteiger partial charge in [-0.1, -0.05) is 216 Å². The molecule has 3 fully saturated rings. The first-order valence-electron chi connectivity index (χ1n) is 45.0. The van der Waals surface area contributed by atoms with E-state index < -0.39 is 16.8 Å². The van der Waals surface area contributed by atoms with E-state index in [1.165, 1.54) is 104 Å². The number of rotatable bonds is 28. The minimum absolute atomic E-state index is 0.163. The third kappa shape index (κ3) is 33.7. The number of ether oxygens (including phenoxy) is 6. The zero-order valence-electron chi connectivity index (χ0n) is 77.8. The Balaban J connectivity index is 0.000000296. The summed E-state index contributed by atoms with van der Waals surface area (Å²) in [7, 11) is 0. The van der Waals surface area contributed by atoms with Gasteiger partial charge in [0.25, 0.3) is 0 Å². The molecule has 9 rings (SSSR count). The average Bonchev–Trinajstić information content (AvgIpc) is 1.67. The van der Waals surface area contributed by atoms with Crippen LogP contribution in [0.15, 0.2) is 146 Å². The van der Waals surface area contributed by atoms with Crippen molar-refractivity contribution in [2.75, 3.05) is 0 Å². The van der Waals surface area contributed by atoms with Crippen LogP contribution in [0.5, 0.6) is 0 Å². The second-order valence-electron chi connectivity index (χ2n) is 37.2. The molecule has 6 atom stereocenters. The average molecular weight is 1610 g/mol. The quantitative estimate of drug-likeness (QED) is 0.0339. The molecule has 0 aliphatic heterocycles. The maximum atomic E-state index is 12.4. The van der Waals surface area contributed by atoms with Crippen molar-refractivity contribution in [3.63, 3.8) is 0 Å². The Labute approximate surface area is 710 Å². The number of hydrogen-bond acceptors (Lipinski definition) is 12. The third-order valence-corrected chi connectivity index (χ3v) is 25.4. The molecule has 0 saturated heterocycles. The number of benzene rings is 6. The highest BCUT2D eigenvalue weighted by Gasteiger charge is 2.38. The fourth-order valence-electron chi connectivity index (χ4n) is 14.2. The van der Waals surface area contributed by atoms with Gasteiger partial charge in [0.05, 0.1) is 33.4 Å². The highest BCUT2D eigenvalue weighted by molar-refractivity contribution is 5.92. The van der Waals surface area contributed by atoms with Crippen molar-refractivity contribution in [1.29, 1.82) is 0 Å². The van der Waals surface area contributed by atoms with Crippen molar-refractivity contribution in [1.82, 2.24) is 0 Å². The second kappa shape index (κ2) is 48.4. The summed E-state index contributed by atoms with van der Waals surface area (Å²) in [5.41, 5.74) is 9.32. The lowest BCUT2D eigenvalue weighted by Crippen LogP contribution is -2.37. The number of carbonyl (C=O) groups excluding carboxylic acids is 6. The molecule has 0 heterocycles. The Morgan fingerprint density at radius 2 is 0.538 bits per heavy atom. The second-order valence-corrected chi connectivity index (χ2v) is 37.2. The predicted octanol–water partition coefficient (Wildman–Crippen LogP) is 29.6. The molecule has 648 valence electrons. The molecule has 117 heavy (non-hydrogen) atoms. The first kappa shape index (κ1) is 101. The number of hydrogen-bond donors (Lipinski definition) is 0. The minimum Gasteiger partial charge on any atom is -0.456 e. The first-order valence-corrected chi connectivity index (χ1v) is 45.0. The van der Waals surface area contributed by atoms with Crippen LogP contribution in [-0.2, 0) is 28.4 Å². The lowest BCUT2D eigenvalue weighted by Gasteiger charge is -2.36. The molecule has 12 nitrogen and oxygen atoms in total. The summed E-state index contributed by atoms with van der Waals surface area (Å²) < 4.78 is 33.8. The molecule has 0 bridgehead atoms. The molecule has 0 N–H and O–H groups in total. The molecule has 3 aliphatic rings. The van der Waals surface area contributed by atoms with Crippen LogP contribution in [0.25, 0.3) is 0 Å². The fourth-order valence-corrected chi connectivity index (χ4v) is 14.2. The van der Waals surface area contributed by atoms with Gasteiger partial charge in [-0.3, -0.25) is 0 Å². The topological polar surface area (TPSA) is 158 Å². The van der Waals surface area contributed by atoms with Crippen molar-refractivity contribution in [3.8, 4) is 0 Å². The molecule has 3 saturated carbocycles. The molecule has 0 amide bonds. The van der Waals surface area contributed by atoms with E-state index in [1.807, 2.05) is 177 Å². The van der Waals surface area contributed by atoms with Crippen LogP contribution in [0.2, 0.25) is 0 Å². The third-order valence-electron chi connectivity index (χ3n) is 25.4. The van der Waals surface area contributed by atoms with Gasteiger partial charge in [-0.05, 0) is 338 Å². The molecule has 0 spiro atoms. The highest BCUT2D eigenvalue weighted by Crippen LogP contribution is 2.40. The molecule has 0 radical (unpaired) electrons. The van der Waals surface area contributed by atoms with E-state index in [1.54, 1.807) is 0 Å². The van der Waals surface area contributed by atoms with E-state index in [9.17, 15) is 28.8 Å². The molecular formula is C105H156O12. The highest BCUT2D eigenvalue weighted by atomic mass is 16.6. The van der Waals surface area contributed by atoms with E-state index in [-0.39, 0.29) is 58.5 Å². The zero-order valence-corrected chi connectivity index (χ0v) is 77.8. The summed E-state index contributed by atoms with van der Waals surface area (Å²) >= 11 is 0. The van der Waals surface area contributed by atoms with Crippen LogP contribution in [0, 0.1) is 17.8 Å². The normalized spacial score (nSPS) is 15.9. The largest absolute Gasteiger partial charge is 0.456 e. The van der Waals surface area contributed by atoms with E-state index in [4.69, 9.17) is 28.4 Å². The maximum absolute atomic E-state index is 12.4. The van der Waals surface area contributed by atoms with Crippen LogP contribution in [-0.4, -0.2) is 69.4 Å². The van der Waals surface area contributed by atoms with Gasteiger partial charge in [0.1, 0.15) is 33.6 Å². The van der Waals surface area contributed by atoms with Crippen LogP contribution in [0.4, 0.5) is 0 Å². The fraction of sp³-hybridized carbons (Fsp3) is 0.600. The first-order chi connectivity index (χ1) is 55.0. The summed E-state index contributed by atoms with van der Waals surface area (Å²) in [6, 6.07) is 46.9. The van der Waals surface area contributed by atoms with Crippen molar-refractivity contribution >= 4 is 35.8 Å². The van der Waals surface area contributed by atoms with E-state index in [2.05, 4.69) is 156 Å². The van der Waals surface area contributed by atoms with Gasteiger partial charge in [0.15, 0.2) is 0 Å². The minimum atomic E-state index is -0.438. The molecular weight excluding hydrogens is 1450 g/mol. The molecule has 0 aromatic heterocycles. The lowest BCUT2D eigenvalue weighted by atomic mass is 9.79. The summed E-state index contributed by atoms with van der Waals surface area (Å²) in [5, 5.41) is 0. The SMILES string of the molecule is CCC(C)c1ccc(C(=O)OC(C)(C)C(C)C)cc1.CCC(C)c1ccc(C(=O)OC(C)(C)C)cc1.CCC(C)c1ccc(C(=O)OC(C)(C)C2CCCC2)cc1.CCC(C)c1ccc(C(=O)OC(C)(C)C2CCCCC2)cc1.CCC(C)c1ccc(C(=O)OC(C)(C)CC)cc1.CCC(C)c1ccc(C(=O)OC2(CC)CCCC2)cc1. The molecule has 3 aliphatic carbocycles. The van der Waals surface area contributed by atoms with Crippen LogP contribution < -0.4 is 0 Å². The van der Waals surface area contributed by atoms with Gasteiger partial charge in [0.2, 0.25) is 0 Å². The Hall–Kier alpha value is -7.86. The van der Waals surface area contributed by atoms with Gasteiger partial charge < -0.3 is 28.4 Å². The van der Waals surface area contributed by atoms with Gasteiger partial charge >= 0.3 is 35.8 Å². The van der Waals surface area contributed by atoms with Crippen LogP contribution in [0.1, 0.15) is 453 Å². The summed E-state index contributed by atoms with van der Waals surface area (Å²) in [6.45, 7) is 56.0. The number of esters is 6. The van der Waals surface area contributed by atoms with Crippen LogP contribution in [0.3, 0.4) is 0 Å². The number of carbonyl (C=O) groups is 6. The molecule has 6 unspecified atom stereocenters. The molecule has 6 aromatic carbocycles.